The fourth-order valence-electron chi connectivity index (χ4n) is 7.27. The van der Waals surface area contributed by atoms with E-state index in [-0.39, 0.29) is 0 Å². The smallest absolute Gasteiger partial charge is 0.160 e. The molecule has 0 spiro atoms. The number of aromatic nitrogens is 3. The van der Waals surface area contributed by atoms with Gasteiger partial charge in [-0.2, -0.15) is 0 Å². The quantitative estimate of drug-likeness (QED) is 0.188. The first-order valence-electron chi connectivity index (χ1n) is 16.8. The van der Waals surface area contributed by atoms with Crippen LogP contribution in [-0.4, -0.2) is 14.5 Å². The van der Waals surface area contributed by atoms with Gasteiger partial charge >= 0.3 is 0 Å². The molecule has 0 aliphatic rings. The van der Waals surface area contributed by atoms with Crippen molar-refractivity contribution in [2.45, 2.75) is 0 Å². The van der Waals surface area contributed by atoms with Gasteiger partial charge in [-0.15, -0.1) is 0 Å². The fourth-order valence-corrected chi connectivity index (χ4v) is 7.27. The number of rotatable bonds is 5. The highest BCUT2D eigenvalue weighted by Crippen LogP contribution is 2.39. The van der Waals surface area contributed by atoms with Crippen molar-refractivity contribution in [1.29, 1.82) is 0 Å². The van der Waals surface area contributed by atoms with Crippen molar-refractivity contribution in [3.8, 4) is 50.7 Å². The Labute approximate surface area is 288 Å². The van der Waals surface area contributed by atoms with Gasteiger partial charge in [0.05, 0.1) is 22.4 Å². The van der Waals surface area contributed by atoms with Gasteiger partial charge in [0, 0.05) is 43.9 Å². The van der Waals surface area contributed by atoms with Crippen LogP contribution in [-0.2, 0) is 0 Å². The summed E-state index contributed by atoms with van der Waals surface area (Å²) in [6.45, 7) is 0. The Morgan fingerprint density at radius 1 is 0.400 bits per heavy atom. The first-order chi connectivity index (χ1) is 24.8. The number of benzene rings is 7. The lowest BCUT2D eigenvalue weighted by Gasteiger charge is -2.11. The molecule has 0 atom stereocenters. The predicted octanol–water partition coefficient (Wildman–Crippen LogP) is 12.1. The van der Waals surface area contributed by atoms with E-state index >= 15 is 0 Å². The molecule has 0 aliphatic carbocycles. The molecular weight excluding hydrogens is 611 g/mol. The first kappa shape index (κ1) is 28.3. The highest BCUT2D eigenvalue weighted by molar-refractivity contribution is 6.11. The van der Waals surface area contributed by atoms with Crippen molar-refractivity contribution in [3.63, 3.8) is 0 Å². The van der Waals surface area contributed by atoms with Gasteiger partial charge in [-0.05, 0) is 71.8 Å². The van der Waals surface area contributed by atoms with Crippen molar-refractivity contribution in [1.82, 2.24) is 14.5 Å². The Bertz CT molecular complexity index is 2870. The predicted molar refractivity (Wildman–Crippen MR) is 205 cm³/mol. The molecule has 0 radical (unpaired) electrons. The molecule has 0 fully saturated rings. The van der Waals surface area contributed by atoms with E-state index in [1.165, 1.54) is 5.39 Å². The normalized spacial score (nSPS) is 11.6. The number of hydrogen-bond donors (Lipinski definition) is 0. The summed E-state index contributed by atoms with van der Waals surface area (Å²) in [6.07, 6.45) is 0. The van der Waals surface area contributed by atoms with Crippen LogP contribution < -0.4 is 0 Å². The molecule has 7 aromatic carbocycles. The molecule has 0 saturated heterocycles. The van der Waals surface area contributed by atoms with E-state index in [1.54, 1.807) is 0 Å². The molecule has 3 aromatic heterocycles. The van der Waals surface area contributed by atoms with Crippen LogP contribution in [0.4, 0.5) is 0 Å². The third-order valence-electron chi connectivity index (χ3n) is 9.62. The summed E-state index contributed by atoms with van der Waals surface area (Å²) in [6, 6.07) is 61.3. The highest BCUT2D eigenvalue weighted by Gasteiger charge is 2.18. The third-order valence-corrected chi connectivity index (χ3v) is 9.62. The van der Waals surface area contributed by atoms with E-state index in [4.69, 9.17) is 14.4 Å². The Morgan fingerprint density at radius 2 is 1.06 bits per heavy atom. The molecule has 234 valence electrons. The monoisotopic (exact) mass is 639 g/mol. The Kier molecular flexibility index (Phi) is 6.46. The van der Waals surface area contributed by atoms with Crippen LogP contribution in [0.15, 0.2) is 180 Å². The van der Waals surface area contributed by atoms with Gasteiger partial charge in [0.15, 0.2) is 5.82 Å². The zero-order valence-electron chi connectivity index (χ0n) is 27.0. The van der Waals surface area contributed by atoms with Crippen LogP contribution in [0.1, 0.15) is 0 Å². The van der Waals surface area contributed by atoms with Gasteiger partial charge < -0.3 is 8.98 Å². The van der Waals surface area contributed by atoms with Crippen LogP contribution >= 0.6 is 0 Å². The lowest BCUT2D eigenvalue weighted by molar-refractivity contribution is 0.670. The minimum absolute atomic E-state index is 0.661. The molecule has 0 amide bonds. The molecule has 50 heavy (non-hydrogen) atoms. The van der Waals surface area contributed by atoms with E-state index in [2.05, 4.69) is 162 Å². The van der Waals surface area contributed by atoms with Gasteiger partial charge in [-0.1, -0.05) is 115 Å². The third kappa shape index (κ3) is 4.61. The summed E-state index contributed by atoms with van der Waals surface area (Å²) in [5.74, 6) is 0.661. The van der Waals surface area contributed by atoms with Crippen LogP contribution in [0.3, 0.4) is 0 Å². The molecule has 10 rings (SSSR count). The van der Waals surface area contributed by atoms with Gasteiger partial charge in [-0.25, -0.2) is 9.97 Å². The molecule has 10 aromatic rings. The van der Waals surface area contributed by atoms with E-state index < -0.39 is 0 Å². The molecule has 3 heterocycles. The average molecular weight is 640 g/mol. The summed E-state index contributed by atoms with van der Waals surface area (Å²) < 4.78 is 8.82. The minimum atomic E-state index is 0.661. The van der Waals surface area contributed by atoms with Crippen molar-refractivity contribution >= 4 is 43.7 Å². The van der Waals surface area contributed by atoms with Crippen molar-refractivity contribution < 1.29 is 4.42 Å². The average Bonchev–Trinajstić information content (AvgIpc) is 3.74. The molecule has 0 N–H and O–H groups in total. The lowest BCUT2D eigenvalue weighted by Crippen LogP contribution is -1.97. The van der Waals surface area contributed by atoms with Crippen molar-refractivity contribution in [2.24, 2.45) is 0 Å². The fraction of sp³-hybridized carbons (Fsp3) is 0. The van der Waals surface area contributed by atoms with Gasteiger partial charge in [-0.3, -0.25) is 0 Å². The summed E-state index contributed by atoms with van der Waals surface area (Å²) in [5.41, 5.74) is 12.0. The molecule has 0 unspecified atom stereocenters. The first-order valence-corrected chi connectivity index (χ1v) is 16.8. The Morgan fingerprint density at radius 3 is 1.94 bits per heavy atom. The van der Waals surface area contributed by atoms with Crippen LogP contribution in [0, 0.1) is 0 Å². The van der Waals surface area contributed by atoms with Crippen molar-refractivity contribution in [3.05, 3.63) is 176 Å². The zero-order chi connectivity index (χ0) is 33.0. The second-order valence-electron chi connectivity index (χ2n) is 12.6. The van der Waals surface area contributed by atoms with E-state index in [1.807, 2.05) is 18.2 Å². The van der Waals surface area contributed by atoms with Crippen LogP contribution in [0.5, 0.6) is 0 Å². The second kappa shape index (κ2) is 11.4. The number of fused-ring (bicyclic) bond motifs is 6. The van der Waals surface area contributed by atoms with E-state index in [9.17, 15) is 0 Å². The molecule has 0 aliphatic heterocycles. The Balaban J connectivity index is 1.21. The maximum absolute atomic E-state index is 6.49. The van der Waals surface area contributed by atoms with Crippen LogP contribution in [0.2, 0.25) is 0 Å². The maximum Gasteiger partial charge on any atom is 0.160 e. The number of para-hydroxylation sites is 4. The van der Waals surface area contributed by atoms with Gasteiger partial charge in [0.25, 0.3) is 0 Å². The number of furan rings is 1. The summed E-state index contributed by atoms with van der Waals surface area (Å²) in [5, 5.41) is 4.51. The van der Waals surface area contributed by atoms with Crippen molar-refractivity contribution in [2.75, 3.05) is 0 Å². The molecule has 4 nitrogen and oxygen atoms in total. The Hall–Kier alpha value is -6.78. The summed E-state index contributed by atoms with van der Waals surface area (Å²) >= 11 is 0. The van der Waals surface area contributed by atoms with Gasteiger partial charge in [0.2, 0.25) is 0 Å². The summed E-state index contributed by atoms with van der Waals surface area (Å²) in [7, 11) is 0. The standard InChI is InChI=1S/C46H29N3O/c1-3-13-30(14-4-1)31-15-11-16-32(27-31)40-29-41(38-22-12-21-37-36-20-8-10-24-44(36)50-45(37)38)48-46(47-40)33-25-26-43-39(28-33)35-19-7-9-23-42(35)49(43)34-17-5-2-6-18-34/h1-29H. The number of hydrogen-bond acceptors (Lipinski definition) is 3. The molecule has 4 heteroatoms. The second-order valence-corrected chi connectivity index (χ2v) is 12.6. The van der Waals surface area contributed by atoms with E-state index in [0.717, 1.165) is 83.3 Å². The lowest BCUT2D eigenvalue weighted by atomic mass is 10.00. The largest absolute Gasteiger partial charge is 0.455 e. The van der Waals surface area contributed by atoms with Crippen LogP contribution in [0.25, 0.3) is 94.5 Å². The zero-order valence-corrected chi connectivity index (χ0v) is 27.0. The maximum atomic E-state index is 6.49. The molecule has 0 saturated carbocycles. The molecular formula is C46H29N3O. The number of nitrogens with zero attached hydrogens (tertiary/aromatic N) is 3. The highest BCUT2D eigenvalue weighted by atomic mass is 16.3. The SMILES string of the molecule is c1ccc(-c2cccc(-c3cc(-c4cccc5c4oc4ccccc45)nc(-c4ccc5c(c4)c4ccccc4n5-c4ccccc4)n3)c2)cc1. The minimum Gasteiger partial charge on any atom is -0.455 e. The van der Waals surface area contributed by atoms with Gasteiger partial charge in [0.1, 0.15) is 11.2 Å². The topological polar surface area (TPSA) is 43.9 Å². The molecule has 0 bridgehead atoms. The summed E-state index contributed by atoms with van der Waals surface area (Å²) in [4.78, 5) is 10.5. The van der Waals surface area contributed by atoms with E-state index in [0.29, 0.717) is 5.82 Å².